The summed E-state index contributed by atoms with van der Waals surface area (Å²) in [6, 6.07) is 18.9. The van der Waals surface area contributed by atoms with Gasteiger partial charge in [-0.25, -0.2) is 0 Å². The third kappa shape index (κ3) is 5.00. The maximum absolute atomic E-state index is 12.2. The third-order valence-electron chi connectivity index (χ3n) is 9.01. The largest absolute Gasteiger partial charge is 0.511 e. The Morgan fingerprint density at radius 3 is 2.27 bits per heavy atom. The van der Waals surface area contributed by atoms with Gasteiger partial charge in [-0.15, -0.1) is 0 Å². The lowest BCUT2D eigenvalue weighted by Gasteiger charge is -2.35. The van der Waals surface area contributed by atoms with Crippen LogP contribution in [0.5, 0.6) is 5.75 Å². The number of rotatable bonds is 7. The number of aliphatic hydroxyl groups excluding tert-OH is 1. The minimum atomic E-state index is -0.129. The Morgan fingerprint density at radius 1 is 0.775 bits per heavy atom. The molecule has 208 valence electrons. The van der Waals surface area contributed by atoms with Crippen molar-refractivity contribution >= 4 is 5.57 Å². The van der Waals surface area contributed by atoms with Crippen LogP contribution in [0.3, 0.4) is 0 Å². The van der Waals surface area contributed by atoms with Crippen LogP contribution in [0.25, 0.3) is 16.7 Å². The summed E-state index contributed by atoms with van der Waals surface area (Å²) >= 11 is 0. The Hall–Kier alpha value is -3.34. The molecule has 0 fully saturated rings. The molecule has 0 aromatic heterocycles. The van der Waals surface area contributed by atoms with Gasteiger partial charge < -0.3 is 19.7 Å². The van der Waals surface area contributed by atoms with Gasteiger partial charge >= 0.3 is 0 Å². The molecular formula is C36H40O4. The van der Waals surface area contributed by atoms with Crippen molar-refractivity contribution in [1.29, 1.82) is 0 Å². The van der Waals surface area contributed by atoms with Gasteiger partial charge in [-0.2, -0.15) is 0 Å². The SMILES string of the molecule is COCc1cccc(-c2cc3c(c(C4=C(O)C(c5cccc(COC)c5)CC5=C4CCCC5)c2O)CCCC3)c1. The highest BCUT2D eigenvalue weighted by Crippen LogP contribution is 2.53. The Balaban J connectivity index is 1.57. The van der Waals surface area contributed by atoms with Gasteiger partial charge in [-0.3, -0.25) is 0 Å². The number of benzene rings is 3. The van der Waals surface area contributed by atoms with Gasteiger partial charge in [-0.1, -0.05) is 48.0 Å². The summed E-state index contributed by atoms with van der Waals surface area (Å²) < 4.78 is 10.8. The fourth-order valence-electron chi connectivity index (χ4n) is 7.17. The highest BCUT2D eigenvalue weighted by atomic mass is 16.5. The van der Waals surface area contributed by atoms with Crippen LogP contribution in [0.1, 0.15) is 84.2 Å². The van der Waals surface area contributed by atoms with Gasteiger partial charge in [0.2, 0.25) is 0 Å². The molecule has 3 aromatic rings. The summed E-state index contributed by atoms with van der Waals surface area (Å²) in [7, 11) is 3.42. The zero-order valence-corrected chi connectivity index (χ0v) is 23.8. The summed E-state index contributed by atoms with van der Waals surface area (Å²) in [5.41, 5.74) is 12.1. The molecule has 0 amide bonds. The van der Waals surface area contributed by atoms with E-state index >= 15 is 0 Å². The summed E-state index contributed by atoms with van der Waals surface area (Å²) in [6.45, 7) is 1.07. The fourth-order valence-corrected chi connectivity index (χ4v) is 7.17. The van der Waals surface area contributed by atoms with E-state index in [0.717, 1.165) is 90.3 Å². The van der Waals surface area contributed by atoms with E-state index in [1.54, 1.807) is 14.2 Å². The van der Waals surface area contributed by atoms with Crippen molar-refractivity contribution in [3.63, 3.8) is 0 Å². The van der Waals surface area contributed by atoms with Crippen molar-refractivity contribution in [2.24, 2.45) is 0 Å². The number of aryl methyl sites for hydroxylation is 1. The first-order valence-electron chi connectivity index (χ1n) is 14.8. The molecular weight excluding hydrogens is 496 g/mol. The van der Waals surface area contributed by atoms with Gasteiger partial charge in [-0.05, 0) is 109 Å². The third-order valence-corrected chi connectivity index (χ3v) is 9.01. The standard InChI is InChI=1S/C36H40O4/c1-39-21-23-9-7-13-25(17-23)31-19-27-11-3-5-15-29(27)33(35(31)37)34-30-16-6-4-12-28(30)20-32(36(34)38)26-14-8-10-24(18-26)22-40-2/h7-10,13-14,17-19,32,37-38H,3-6,11-12,15-16,20-22H2,1-2H3. The topological polar surface area (TPSA) is 58.9 Å². The molecule has 3 aliphatic carbocycles. The number of phenolic OH excluding ortho intramolecular Hbond substituents is 1. The van der Waals surface area contributed by atoms with E-state index in [4.69, 9.17) is 9.47 Å². The summed E-state index contributed by atoms with van der Waals surface area (Å²) in [5, 5.41) is 24.3. The molecule has 4 nitrogen and oxygen atoms in total. The molecule has 6 rings (SSSR count). The minimum absolute atomic E-state index is 0.129. The number of hydrogen-bond donors (Lipinski definition) is 2. The fraction of sp³-hybridized carbons (Fsp3) is 0.389. The van der Waals surface area contributed by atoms with E-state index in [0.29, 0.717) is 24.7 Å². The van der Waals surface area contributed by atoms with E-state index in [-0.39, 0.29) is 5.92 Å². The van der Waals surface area contributed by atoms with Crippen LogP contribution in [0.2, 0.25) is 0 Å². The zero-order chi connectivity index (χ0) is 27.6. The number of ether oxygens (including phenoxy) is 2. The Morgan fingerprint density at radius 2 is 1.48 bits per heavy atom. The Kier molecular flexibility index (Phi) is 7.82. The normalized spacial score (nSPS) is 19.0. The van der Waals surface area contributed by atoms with Crippen LogP contribution in [-0.2, 0) is 35.5 Å². The lowest BCUT2D eigenvalue weighted by molar-refractivity contribution is 0.185. The van der Waals surface area contributed by atoms with Crippen LogP contribution in [0.15, 0.2) is 71.5 Å². The van der Waals surface area contributed by atoms with Crippen LogP contribution >= 0.6 is 0 Å². The van der Waals surface area contributed by atoms with Crippen molar-refractivity contribution in [3.8, 4) is 16.9 Å². The van der Waals surface area contributed by atoms with Crippen molar-refractivity contribution in [2.45, 2.75) is 76.9 Å². The molecule has 40 heavy (non-hydrogen) atoms. The van der Waals surface area contributed by atoms with E-state index in [9.17, 15) is 10.2 Å². The van der Waals surface area contributed by atoms with Gasteiger partial charge in [0, 0.05) is 36.8 Å². The second-order valence-electron chi connectivity index (χ2n) is 11.6. The van der Waals surface area contributed by atoms with Crippen molar-refractivity contribution in [2.75, 3.05) is 14.2 Å². The Bertz CT molecular complexity index is 1480. The maximum atomic E-state index is 12.2. The van der Waals surface area contributed by atoms with E-state index in [1.165, 1.54) is 28.7 Å². The predicted molar refractivity (Wildman–Crippen MR) is 160 cm³/mol. The average Bonchev–Trinajstić information content (AvgIpc) is 2.98. The second-order valence-corrected chi connectivity index (χ2v) is 11.6. The first-order valence-corrected chi connectivity index (χ1v) is 14.8. The molecule has 0 aliphatic heterocycles. The van der Waals surface area contributed by atoms with Crippen molar-refractivity contribution in [3.05, 3.63) is 105 Å². The monoisotopic (exact) mass is 536 g/mol. The van der Waals surface area contributed by atoms with Gasteiger partial charge in [0.15, 0.2) is 0 Å². The molecule has 4 heteroatoms. The highest BCUT2D eigenvalue weighted by Gasteiger charge is 2.35. The van der Waals surface area contributed by atoms with E-state index in [1.807, 2.05) is 6.07 Å². The smallest absolute Gasteiger partial charge is 0.131 e. The van der Waals surface area contributed by atoms with Crippen molar-refractivity contribution in [1.82, 2.24) is 0 Å². The Labute approximate surface area is 238 Å². The molecule has 0 spiro atoms. The van der Waals surface area contributed by atoms with Gasteiger partial charge in [0.25, 0.3) is 0 Å². The average molecular weight is 537 g/mol. The predicted octanol–water partition coefficient (Wildman–Crippen LogP) is 8.56. The molecule has 3 aromatic carbocycles. The molecule has 0 bridgehead atoms. The second kappa shape index (κ2) is 11.6. The maximum Gasteiger partial charge on any atom is 0.131 e. The summed E-state index contributed by atoms with van der Waals surface area (Å²) in [6.07, 6.45) is 9.31. The number of aliphatic hydroxyl groups is 1. The number of hydrogen-bond acceptors (Lipinski definition) is 4. The van der Waals surface area contributed by atoms with Crippen molar-refractivity contribution < 1.29 is 19.7 Å². The number of allylic oxidation sites excluding steroid dienone is 4. The summed E-state index contributed by atoms with van der Waals surface area (Å²) in [5.74, 6) is 0.572. The number of fused-ring (bicyclic) bond motifs is 1. The molecule has 0 saturated heterocycles. The highest BCUT2D eigenvalue weighted by molar-refractivity contribution is 5.92. The lowest BCUT2D eigenvalue weighted by Crippen LogP contribution is -2.19. The number of aromatic hydroxyl groups is 1. The quantitative estimate of drug-likeness (QED) is 0.318. The molecule has 0 saturated carbocycles. The van der Waals surface area contributed by atoms with Crippen LogP contribution in [0, 0.1) is 0 Å². The van der Waals surface area contributed by atoms with Gasteiger partial charge in [0.1, 0.15) is 11.5 Å². The molecule has 1 atom stereocenters. The molecule has 1 unspecified atom stereocenters. The van der Waals surface area contributed by atoms with Crippen LogP contribution in [0.4, 0.5) is 0 Å². The molecule has 2 N–H and O–H groups in total. The minimum Gasteiger partial charge on any atom is -0.511 e. The number of methoxy groups -OCH3 is 2. The zero-order valence-electron chi connectivity index (χ0n) is 23.8. The molecule has 3 aliphatic rings. The molecule has 0 heterocycles. The summed E-state index contributed by atoms with van der Waals surface area (Å²) in [4.78, 5) is 0. The lowest BCUT2D eigenvalue weighted by atomic mass is 9.70. The van der Waals surface area contributed by atoms with E-state index in [2.05, 4.69) is 48.5 Å². The first kappa shape index (κ1) is 26.9. The first-order chi connectivity index (χ1) is 19.6. The van der Waals surface area contributed by atoms with Crippen LogP contribution in [-0.4, -0.2) is 24.4 Å². The molecule has 0 radical (unpaired) electrons. The van der Waals surface area contributed by atoms with Crippen LogP contribution < -0.4 is 0 Å². The van der Waals surface area contributed by atoms with E-state index < -0.39 is 0 Å². The van der Waals surface area contributed by atoms with Gasteiger partial charge in [0.05, 0.1) is 13.2 Å². The number of phenols is 1.